The van der Waals surface area contributed by atoms with Gasteiger partial charge in [0, 0.05) is 19.7 Å². The van der Waals surface area contributed by atoms with Crippen LogP contribution < -0.4 is 5.73 Å². The topological polar surface area (TPSA) is 55.6 Å². The van der Waals surface area contributed by atoms with Crippen LogP contribution in [0, 0.1) is 5.92 Å². The Bertz CT molecular complexity index is 309. The third-order valence-corrected chi connectivity index (χ3v) is 4.76. The van der Waals surface area contributed by atoms with Crippen molar-refractivity contribution in [1.82, 2.24) is 4.90 Å². The molecule has 0 aliphatic heterocycles. The van der Waals surface area contributed by atoms with Crippen molar-refractivity contribution >= 4 is 5.91 Å². The van der Waals surface area contributed by atoms with Crippen LogP contribution in [0.15, 0.2) is 0 Å². The van der Waals surface area contributed by atoms with E-state index in [1.807, 2.05) is 4.90 Å². The van der Waals surface area contributed by atoms with Gasteiger partial charge in [0.15, 0.2) is 0 Å². The average molecular weight is 268 g/mol. The van der Waals surface area contributed by atoms with Crippen LogP contribution in [0.5, 0.6) is 0 Å². The molecule has 0 aromatic heterocycles. The first-order chi connectivity index (χ1) is 9.08. The highest BCUT2D eigenvalue weighted by molar-refractivity contribution is 5.86. The van der Waals surface area contributed by atoms with Crippen molar-refractivity contribution in [2.45, 2.75) is 63.5 Å². The van der Waals surface area contributed by atoms with E-state index in [1.54, 1.807) is 7.11 Å². The number of nitrogens with zero attached hydrogens (tertiary/aromatic N) is 1. The van der Waals surface area contributed by atoms with Crippen LogP contribution in [0.25, 0.3) is 0 Å². The Morgan fingerprint density at radius 3 is 2.53 bits per heavy atom. The third-order valence-electron chi connectivity index (χ3n) is 4.76. The Labute approximate surface area is 116 Å². The molecule has 2 rings (SSSR count). The predicted molar refractivity (Wildman–Crippen MR) is 75.8 cm³/mol. The number of hydrogen-bond acceptors (Lipinski definition) is 3. The Balaban J connectivity index is 2.04. The van der Waals surface area contributed by atoms with E-state index in [1.165, 1.54) is 19.3 Å². The highest BCUT2D eigenvalue weighted by Crippen LogP contribution is 2.37. The van der Waals surface area contributed by atoms with E-state index in [9.17, 15) is 4.79 Å². The van der Waals surface area contributed by atoms with Crippen molar-refractivity contribution in [3.63, 3.8) is 0 Å². The Kier molecular flexibility index (Phi) is 4.85. The lowest BCUT2D eigenvalue weighted by Crippen LogP contribution is -2.59. The molecule has 19 heavy (non-hydrogen) atoms. The molecule has 0 radical (unpaired) electrons. The van der Waals surface area contributed by atoms with Gasteiger partial charge in [0.2, 0.25) is 5.91 Å². The highest BCUT2D eigenvalue weighted by atomic mass is 16.5. The molecule has 1 unspecified atom stereocenters. The summed E-state index contributed by atoms with van der Waals surface area (Å²) in [6.07, 6.45) is 7.54. The molecule has 0 heterocycles. The molecular formula is C15H28N2O2. The molecular weight excluding hydrogens is 240 g/mol. The molecule has 0 aromatic rings. The predicted octanol–water partition coefficient (Wildman–Crippen LogP) is 1.92. The fourth-order valence-corrected chi connectivity index (χ4v) is 3.20. The van der Waals surface area contributed by atoms with Gasteiger partial charge in [0.25, 0.3) is 0 Å². The summed E-state index contributed by atoms with van der Waals surface area (Å²) in [5.74, 6) is 0.830. The summed E-state index contributed by atoms with van der Waals surface area (Å²) in [5.41, 5.74) is 5.79. The molecule has 4 nitrogen and oxygen atoms in total. The summed E-state index contributed by atoms with van der Waals surface area (Å²) >= 11 is 0. The molecule has 2 aliphatic carbocycles. The number of carbonyl (C=O) groups is 1. The molecule has 0 bridgehead atoms. The number of methoxy groups -OCH3 is 1. The zero-order chi connectivity index (χ0) is 13.9. The smallest absolute Gasteiger partial charge is 0.242 e. The second-order valence-corrected chi connectivity index (χ2v) is 6.29. The van der Waals surface area contributed by atoms with E-state index in [0.29, 0.717) is 25.1 Å². The van der Waals surface area contributed by atoms with Crippen molar-refractivity contribution in [1.29, 1.82) is 0 Å². The van der Waals surface area contributed by atoms with Crippen LogP contribution in [-0.4, -0.2) is 42.6 Å². The normalized spacial score (nSPS) is 23.9. The molecule has 2 aliphatic rings. The number of nitrogens with two attached hydrogens (primary N) is 1. The van der Waals surface area contributed by atoms with Crippen LogP contribution in [0.3, 0.4) is 0 Å². The quantitative estimate of drug-likeness (QED) is 0.800. The summed E-state index contributed by atoms with van der Waals surface area (Å²) < 4.78 is 5.16. The van der Waals surface area contributed by atoms with Crippen molar-refractivity contribution in [3.05, 3.63) is 0 Å². The zero-order valence-corrected chi connectivity index (χ0v) is 12.4. The van der Waals surface area contributed by atoms with Crippen LogP contribution in [0.1, 0.15) is 51.9 Å². The number of amides is 1. The molecule has 2 fully saturated rings. The fraction of sp³-hybridized carbons (Fsp3) is 0.933. The molecule has 1 amide bonds. The van der Waals surface area contributed by atoms with Gasteiger partial charge in [0.05, 0.1) is 12.1 Å². The number of ether oxygens (including phenoxy) is 1. The largest absolute Gasteiger partial charge is 0.383 e. The van der Waals surface area contributed by atoms with E-state index < -0.39 is 5.54 Å². The van der Waals surface area contributed by atoms with Crippen molar-refractivity contribution in [3.8, 4) is 0 Å². The minimum absolute atomic E-state index is 0.156. The first-order valence-corrected chi connectivity index (χ1v) is 7.67. The number of rotatable bonds is 6. The SMILES string of the molecule is COCCN(C(=O)C1(N)CCCCC1)C(C)C1CC1. The summed E-state index contributed by atoms with van der Waals surface area (Å²) in [6, 6.07) is 0.310. The van der Waals surface area contributed by atoms with Gasteiger partial charge < -0.3 is 15.4 Å². The van der Waals surface area contributed by atoms with Crippen LogP contribution in [0.2, 0.25) is 0 Å². The first kappa shape index (κ1) is 14.8. The Morgan fingerprint density at radius 2 is 2.00 bits per heavy atom. The van der Waals surface area contributed by atoms with Crippen LogP contribution in [0.4, 0.5) is 0 Å². The van der Waals surface area contributed by atoms with Gasteiger partial charge in [0.1, 0.15) is 0 Å². The molecule has 0 saturated heterocycles. The van der Waals surface area contributed by atoms with Gasteiger partial charge in [-0.3, -0.25) is 4.79 Å². The molecule has 2 saturated carbocycles. The van der Waals surface area contributed by atoms with Gasteiger partial charge in [-0.1, -0.05) is 19.3 Å². The summed E-state index contributed by atoms with van der Waals surface area (Å²) in [7, 11) is 1.68. The Hall–Kier alpha value is -0.610. The van der Waals surface area contributed by atoms with E-state index >= 15 is 0 Å². The molecule has 110 valence electrons. The second-order valence-electron chi connectivity index (χ2n) is 6.29. The molecule has 0 aromatic carbocycles. The van der Waals surface area contributed by atoms with Crippen molar-refractivity contribution < 1.29 is 9.53 Å². The number of carbonyl (C=O) groups excluding carboxylic acids is 1. The maximum absolute atomic E-state index is 12.8. The Morgan fingerprint density at radius 1 is 1.37 bits per heavy atom. The fourth-order valence-electron chi connectivity index (χ4n) is 3.20. The van der Waals surface area contributed by atoms with Crippen molar-refractivity contribution in [2.75, 3.05) is 20.3 Å². The second kappa shape index (κ2) is 6.23. The third kappa shape index (κ3) is 3.48. The molecule has 2 N–H and O–H groups in total. The molecule has 1 atom stereocenters. The zero-order valence-electron chi connectivity index (χ0n) is 12.4. The van der Waals surface area contributed by atoms with Gasteiger partial charge >= 0.3 is 0 Å². The van der Waals surface area contributed by atoms with E-state index in [-0.39, 0.29) is 5.91 Å². The van der Waals surface area contributed by atoms with Gasteiger partial charge in [-0.25, -0.2) is 0 Å². The summed E-state index contributed by atoms with van der Waals surface area (Å²) in [4.78, 5) is 14.8. The molecule has 0 spiro atoms. The standard InChI is InChI=1S/C15H28N2O2/c1-12(13-6-7-13)17(10-11-19-2)14(18)15(16)8-4-3-5-9-15/h12-13H,3-11,16H2,1-2H3. The lowest BCUT2D eigenvalue weighted by Gasteiger charge is -2.39. The van der Waals surface area contributed by atoms with Crippen LogP contribution in [-0.2, 0) is 9.53 Å². The number of hydrogen-bond donors (Lipinski definition) is 1. The van der Waals surface area contributed by atoms with Gasteiger partial charge in [-0.05, 0) is 38.5 Å². The van der Waals surface area contributed by atoms with E-state index in [0.717, 1.165) is 25.7 Å². The van der Waals surface area contributed by atoms with E-state index in [4.69, 9.17) is 10.5 Å². The maximum Gasteiger partial charge on any atom is 0.242 e. The monoisotopic (exact) mass is 268 g/mol. The van der Waals surface area contributed by atoms with Gasteiger partial charge in [-0.15, -0.1) is 0 Å². The lowest BCUT2D eigenvalue weighted by molar-refractivity contribution is -0.141. The summed E-state index contributed by atoms with van der Waals surface area (Å²) in [5, 5.41) is 0. The van der Waals surface area contributed by atoms with Gasteiger partial charge in [-0.2, -0.15) is 0 Å². The first-order valence-electron chi connectivity index (χ1n) is 7.67. The highest BCUT2D eigenvalue weighted by Gasteiger charge is 2.42. The van der Waals surface area contributed by atoms with Crippen molar-refractivity contribution in [2.24, 2.45) is 11.7 Å². The van der Waals surface area contributed by atoms with Crippen LogP contribution >= 0.6 is 0 Å². The molecule has 4 heteroatoms. The minimum Gasteiger partial charge on any atom is -0.383 e. The summed E-state index contributed by atoms with van der Waals surface area (Å²) in [6.45, 7) is 3.43. The lowest BCUT2D eigenvalue weighted by atomic mass is 9.81. The average Bonchev–Trinajstić information content (AvgIpc) is 3.24. The van der Waals surface area contributed by atoms with E-state index in [2.05, 4.69) is 6.92 Å². The minimum atomic E-state index is -0.616. The maximum atomic E-state index is 12.8.